The molecule has 6 heteroatoms. The van der Waals surface area contributed by atoms with E-state index in [0.29, 0.717) is 11.4 Å². The number of methoxy groups -OCH3 is 1. The second-order valence-corrected chi connectivity index (χ2v) is 5.98. The van der Waals surface area contributed by atoms with Crippen molar-refractivity contribution in [1.82, 2.24) is 0 Å². The fourth-order valence-corrected chi connectivity index (χ4v) is 2.83. The van der Waals surface area contributed by atoms with E-state index in [-0.39, 0.29) is 12.0 Å². The van der Waals surface area contributed by atoms with Gasteiger partial charge in [-0.05, 0) is 35.7 Å². The Hall–Kier alpha value is -1.98. The highest BCUT2D eigenvalue weighted by Gasteiger charge is 2.27. The van der Waals surface area contributed by atoms with Crippen molar-refractivity contribution in [1.29, 1.82) is 0 Å². The maximum Gasteiger partial charge on any atom is 0.220 e. The molecule has 3 nitrogen and oxygen atoms in total. The van der Waals surface area contributed by atoms with Crippen LogP contribution in [0.1, 0.15) is 23.5 Å². The molecule has 0 fully saturated rings. The summed E-state index contributed by atoms with van der Waals surface area (Å²) in [5.41, 5.74) is 6.44. The quantitative estimate of drug-likeness (QED) is 0.822. The normalized spacial score (nSPS) is 13.5. The Morgan fingerprint density at radius 2 is 1.88 bits per heavy atom. The van der Waals surface area contributed by atoms with Gasteiger partial charge in [-0.25, -0.2) is 8.78 Å². The molecule has 0 bridgehead atoms. The predicted octanol–water partition coefficient (Wildman–Crippen LogP) is 3.83. The van der Waals surface area contributed by atoms with Crippen LogP contribution in [-0.4, -0.2) is 19.1 Å². The van der Waals surface area contributed by atoms with Crippen LogP contribution in [0.2, 0.25) is 5.02 Å². The van der Waals surface area contributed by atoms with Gasteiger partial charge < -0.3 is 10.5 Å². The van der Waals surface area contributed by atoms with Crippen LogP contribution in [0.25, 0.3) is 0 Å². The molecule has 1 amide bonds. The largest absolute Gasteiger partial charge is 0.380 e. The first kappa shape index (κ1) is 18.4. The van der Waals surface area contributed by atoms with Gasteiger partial charge in [-0.3, -0.25) is 4.79 Å². The zero-order valence-electron chi connectivity index (χ0n) is 13.1. The van der Waals surface area contributed by atoms with E-state index in [0.717, 1.165) is 11.6 Å². The van der Waals surface area contributed by atoms with Gasteiger partial charge in [-0.1, -0.05) is 29.8 Å². The summed E-state index contributed by atoms with van der Waals surface area (Å²) in [5.74, 6) is -2.39. The van der Waals surface area contributed by atoms with Gasteiger partial charge in [0, 0.05) is 24.1 Å². The minimum Gasteiger partial charge on any atom is -0.380 e. The van der Waals surface area contributed by atoms with Crippen LogP contribution in [0.15, 0.2) is 42.5 Å². The number of nitrogens with two attached hydrogens (primary N) is 1. The Kier molecular flexibility index (Phi) is 6.29. The van der Waals surface area contributed by atoms with Crippen LogP contribution in [0.3, 0.4) is 0 Å². The van der Waals surface area contributed by atoms with E-state index in [2.05, 4.69) is 0 Å². The van der Waals surface area contributed by atoms with Crippen molar-refractivity contribution < 1.29 is 18.3 Å². The van der Waals surface area contributed by atoms with Crippen LogP contribution < -0.4 is 5.73 Å². The summed E-state index contributed by atoms with van der Waals surface area (Å²) in [5, 5.41) is 0.587. The topological polar surface area (TPSA) is 52.3 Å². The van der Waals surface area contributed by atoms with Gasteiger partial charge in [-0.15, -0.1) is 0 Å². The highest BCUT2D eigenvalue weighted by Crippen LogP contribution is 2.30. The highest BCUT2D eigenvalue weighted by atomic mass is 35.5. The number of ether oxygens (including phenoxy) is 1. The molecule has 2 aromatic rings. The van der Waals surface area contributed by atoms with Crippen LogP contribution in [-0.2, 0) is 16.0 Å². The standard InChI is InChI=1S/C18H18ClF2NO2/c1-24-17(10-18(22)23)15(8-11-2-4-12(19)5-3-11)14-7-6-13(20)9-16(14)21/h2-7,9,15,17H,8,10H2,1H3,(H2,22,23)/t15?,17-/m1/s1. The molecular weight excluding hydrogens is 336 g/mol. The lowest BCUT2D eigenvalue weighted by Crippen LogP contribution is -2.29. The van der Waals surface area contributed by atoms with Crippen LogP contribution in [0.5, 0.6) is 0 Å². The lowest BCUT2D eigenvalue weighted by Gasteiger charge is -2.26. The number of amides is 1. The van der Waals surface area contributed by atoms with Crippen molar-refractivity contribution >= 4 is 17.5 Å². The number of halogens is 3. The molecule has 2 rings (SSSR count). The zero-order valence-corrected chi connectivity index (χ0v) is 13.9. The van der Waals surface area contributed by atoms with Gasteiger partial charge >= 0.3 is 0 Å². The molecule has 0 spiro atoms. The summed E-state index contributed by atoms with van der Waals surface area (Å²) < 4.78 is 32.9. The molecule has 0 aliphatic heterocycles. The van der Waals surface area contributed by atoms with E-state index in [1.807, 2.05) is 12.1 Å². The van der Waals surface area contributed by atoms with Gasteiger partial charge in [0.1, 0.15) is 11.6 Å². The minimum atomic E-state index is -0.680. The third-order valence-corrected chi connectivity index (χ3v) is 4.14. The molecule has 0 saturated carbocycles. The van der Waals surface area contributed by atoms with Crippen molar-refractivity contribution in [3.05, 3.63) is 70.2 Å². The number of benzene rings is 2. The van der Waals surface area contributed by atoms with E-state index in [1.54, 1.807) is 12.1 Å². The number of carbonyl (C=O) groups excluding carboxylic acids is 1. The summed E-state index contributed by atoms with van der Waals surface area (Å²) in [6.45, 7) is 0. The van der Waals surface area contributed by atoms with E-state index in [4.69, 9.17) is 22.1 Å². The number of carbonyl (C=O) groups is 1. The molecule has 0 aliphatic carbocycles. The lowest BCUT2D eigenvalue weighted by molar-refractivity contribution is -0.120. The summed E-state index contributed by atoms with van der Waals surface area (Å²) in [7, 11) is 1.43. The van der Waals surface area contributed by atoms with E-state index in [1.165, 1.54) is 19.2 Å². The maximum atomic E-state index is 14.3. The first-order chi connectivity index (χ1) is 11.4. The molecule has 2 aromatic carbocycles. The highest BCUT2D eigenvalue weighted by molar-refractivity contribution is 6.30. The molecule has 1 unspecified atom stereocenters. The molecule has 128 valence electrons. The van der Waals surface area contributed by atoms with Gasteiger partial charge in [-0.2, -0.15) is 0 Å². The van der Waals surface area contributed by atoms with Crippen LogP contribution in [0.4, 0.5) is 8.78 Å². The molecule has 2 N–H and O–H groups in total. The molecule has 24 heavy (non-hydrogen) atoms. The molecular formula is C18H18ClF2NO2. The summed E-state index contributed by atoms with van der Waals surface area (Å²) in [6, 6.07) is 10.5. The van der Waals surface area contributed by atoms with E-state index < -0.39 is 29.6 Å². The first-order valence-corrected chi connectivity index (χ1v) is 7.79. The van der Waals surface area contributed by atoms with Crippen LogP contribution in [0, 0.1) is 11.6 Å². The van der Waals surface area contributed by atoms with Gasteiger partial charge in [0.15, 0.2) is 0 Å². The predicted molar refractivity (Wildman–Crippen MR) is 88.9 cm³/mol. The number of hydrogen-bond donors (Lipinski definition) is 1. The van der Waals surface area contributed by atoms with E-state index >= 15 is 0 Å². The summed E-state index contributed by atoms with van der Waals surface area (Å²) in [4.78, 5) is 11.3. The SMILES string of the molecule is CO[C@H](CC(N)=O)C(Cc1ccc(Cl)cc1)c1ccc(F)cc1F. The molecule has 0 aromatic heterocycles. The Morgan fingerprint density at radius 1 is 1.21 bits per heavy atom. The third kappa shape index (κ3) is 4.76. The minimum absolute atomic E-state index is 0.0639. The van der Waals surface area contributed by atoms with Gasteiger partial charge in [0.2, 0.25) is 5.91 Å². The smallest absolute Gasteiger partial charge is 0.220 e. The van der Waals surface area contributed by atoms with Crippen molar-refractivity contribution in [3.63, 3.8) is 0 Å². The zero-order chi connectivity index (χ0) is 17.7. The summed E-state index contributed by atoms with van der Waals surface area (Å²) >= 11 is 5.88. The van der Waals surface area contributed by atoms with Crippen molar-refractivity contribution in [2.75, 3.05) is 7.11 Å². The monoisotopic (exact) mass is 353 g/mol. The molecule has 0 aliphatic rings. The van der Waals surface area contributed by atoms with Crippen molar-refractivity contribution in [2.45, 2.75) is 24.9 Å². The Balaban J connectivity index is 2.39. The Labute approximate surface area is 144 Å². The Bertz CT molecular complexity index is 707. The average Bonchev–Trinajstić information content (AvgIpc) is 2.53. The fourth-order valence-electron chi connectivity index (χ4n) is 2.71. The summed E-state index contributed by atoms with van der Waals surface area (Å²) in [6.07, 6.45) is -0.296. The fraction of sp³-hybridized carbons (Fsp3) is 0.278. The maximum absolute atomic E-state index is 14.3. The number of rotatable bonds is 7. The molecule has 0 saturated heterocycles. The van der Waals surface area contributed by atoms with Crippen LogP contribution >= 0.6 is 11.6 Å². The third-order valence-electron chi connectivity index (χ3n) is 3.88. The molecule has 0 heterocycles. The lowest BCUT2D eigenvalue weighted by atomic mass is 9.85. The number of hydrogen-bond acceptors (Lipinski definition) is 2. The van der Waals surface area contributed by atoms with Gasteiger partial charge in [0.05, 0.1) is 12.5 Å². The molecule has 0 radical (unpaired) electrons. The van der Waals surface area contributed by atoms with Crippen molar-refractivity contribution in [2.24, 2.45) is 5.73 Å². The first-order valence-electron chi connectivity index (χ1n) is 7.41. The number of primary amides is 1. The Morgan fingerprint density at radius 3 is 2.42 bits per heavy atom. The second-order valence-electron chi connectivity index (χ2n) is 5.55. The second kappa shape index (κ2) is 8.22. The van der Waals surface area contributed by atoms with Crippen molar-refractivity contribution in [3.8, 4) is 0 Å². The molecule has 2 atom stereocenters. The van der Waals surface area contributed by atoms with E-state index in [9.17, 15) is 13.6 Å². The average molecular weight is 354 g/mol. The van der Waals surface area contributed by atoms with Gasteiger partial charge in [0.25, 0.3) is 0 Å².